The van der Waals surface area contributed by atoms with E-state index in [1.54, 1.807) is 0 Å². The van der Waals surface area contributed by atoms with Crippen molar-refractivity contribution in [3.63, 3.8) is 0 Å². The first kappa shape index (κ1) is 57.8. The molecule has 0 fully saturated rings. The third-order valence-electron chi connectivity index (χ3n) is 9.85. The van der Waals surface area contributed by atoms with E-state index in [1.807, 2.05) is 36.5 Å². The van der Waals surface area contributed by atoms with Crippen LogP contribution in [-0.2, 0) is 28.6 Å². The van der Waals surface area contributed by atoms with Crippen molar-refractivity contribution in [3.05, 3.63) is 122 Å². The Labute approximate surface area is 380 Å². The zero-order chi connectivity index (χ0) is 45.1. The molecule has 0 spiro atoms. The molecule has 0 heterocycles. The van der Waals surface area contributed by atoms with Gasteiger partial charge in [-0.05, 0) is 89.9 Å². The van der Waals surface area contributed by atoms with Crippen molar-refractivity contribution in [3.8, 4) is 0 Å². The lowest BCUT2D eigenvalue weighted by Gasteiger charge is -2.18. The lowest BCUT2D eigenvalue weighted by atomic mass is 10.1. The van der Waals surface area contributed by atoms with Crippen molar-refractivity contribution < 1.29 is 28.6 Å². The van der Waals surface area contributed by atoms with E-state index in [1.165, 1.54) is 32.1 Å². The summed E-state index contributed by atoms with van der Waals surface area (Å²) in [5.74, 6) is -0.981. The number of carbonyl (C=O) groups excluding carboxylic acids is 3. The van der Waals surface area contributed by atoms with Gasteiger partial charge < -0.3 is 14.2 Å². The molecule has 1 atom stereocenters. The smallest absolute Gasteiger partial charge is 0.306 e. The molecule has 1 unspecified atom stereocenters. The van der Waals surface area contributed by atoms with Gasteiger partial charge in [0.25, 0.3) is 0 Å². The molecule has 0 aliphatic heterocycles. The number of allylic oxidation sites excluding steroid dienone is 20. The monoisotopic (exact) mass is 857 g/mol. The van der Waals surface area contributed by atoms with Gasteiger partial charge in [-0.2, -0.15) is 0 Å². The van der Waals surface area contributed by atoms with Gasteiger partial charge >= 0.3 is 17.9 Å². The Morgan fingerprint density at radius 1 is 0.339 bits per heavy atom. The summed E-state index contributed by atoms with van der Waals surface area (Å²) in [4.78, 5) is 37.9. The lowest BCUT2D eigenvalue weighted by molar-refractivity contribution is -0.167. The van der Waals surface area contributed by atoms with E-state index in [2.05, 4.69) is 106 Å². The van der Waals surface area contributed by atoms with Crippen molar-refractivity contribution in [2.75, 3.05) is 13.2 Å². The van der Waals surface area contributed by atoms with Crippen molar-refractivity contribution in [1.82, 2.24) is 0 Å². The lowest BCUT2D eigenvalue weighted by Crippen LogP contribution is -2.30. The van der Waals surface area contributed by atoms with Crippen molar-refractivity contribution >= 4 is 17.9 Å². The van der Waals surface area contributed by atoms with E-state index >= 15 is 0 Å². The van der Waals surface area contributed by atoms with E-state index in [-0.39, 0.29) is 31.1 Å². The van der Waals surface area contributed by atoms with Crippen LogP contribution in [0, 0.1) is 0 Å². The summed E-state index contributed by atoms with van der Waals surface area (Å²) in [5, 5.41) is 0. The van der Waals surface area contributed by atoms with Crippen LogP contribution in [0.3, 0.4) is 0 Å². The van der Waals surface area contributed by atoms with E-state index in [9.17, 15) is 14.4 Å². The second-order valence-corrected chi connectivity index (χ2v) is 15.7. The summed E-state index contributed by atoms with van der Waals surface area (Å²) < 4.78 is 16.7. The van der Waals surface area contributed by atoms with Gasteiger partial charge in [0.1, 0.15) is 13.2 Å². The van der Waals surface area contributed by atoms with Gasteiger partial charge in [0.05, 0.1) is 0 Å². The normalized spacial score (nSPS) is 13.1. The minimum atomic E-state index is -0.809. The molecule has 62 heavy (non-hydrogen) atoms. The molecule has 6 heteroatoms. The van der Waals surface area contributed by atoms with E-state index in [0.29, 0.717) is 19.3 Å². The summed E-state index contributed by atoms with van der Waals surface area (Å²) in [6, 6.07) is 0. The Bertz CT molecular complexity index is 1350. The Balaban J connectivity index is 4.50. The van der Waals surface area contributed by atoms with Gasteiger partial charge in [-0.25, -0.2) is 0 Å². The summed E-state index contributed by atoms with van der Waals surface area (Å²) in [6.07, 6.45) is 67.5. The highest BCUT2D eigenvalue weighted by Gasteiger charge is 2.19. The van der Waals surface area contributed by atoms with Gasteiger partial charge in [-0.3, -0.25) is 14.4 Å². The van der Waals surface area contributed by atoms with Crippen LogP contribution in [0.2, 0.25) is 0 Å². The Morgan fingerprint density at radius 2 is 0.661 bits per heavy atom. The molecule has 0 rings (SSSR count). The van der Waals surface area contributed by atoms with E-state index < -0.39 is 6.10 Å². The number of esters is 3. The molecule has 6 nitrogen and oxygen atoms in total. The SMILES string of the molecule is CC/C=C/C=C/C=C/C=C/CCCCCC(=O)OCC(COC(=O)CCCCCCCC/C=C/C/C=C/C/C=C/CC)OC(=O)CCCCCCCCC/C=C/C=C/C=C/CC. The zero-order valence-electron chi connectivity index (χ0n) is 39.6. The summed E-state index contributed by atoms with van der Waals surface area (Å²) in [6.45, 7) is 6.18. The Hall–Kier alpha value is -4.19. The first-order valence-corrected chi connectivity index (χ1v) is 24.6. The number of ether oxygens (including phenoxy) is 3. The van der Waals surface area contributed by atoms with Gasteiger partial charge in [0.2, 0.25) is 0 Å². The maximum Gasteiger partial charge on any atom is 0.306 e. The molecular weight excluding hydrogens is 769 g/mol. The second-order valence-electron chi connectivity index (χ2n) is 15.7. The molecule has 0 aliphatic carbocycles. The number of unbranched alkanes of at least 4 members (excludes halogenated alkanes) is 16. The second kappa shape index (κ2) is 49.5. The topological polar surface area (TPSA) is 78.9 Å². The third kappa shape index (κ3) is 46.9. The van der Waals surface area contributed by atoms with Crippen LogP contribution in [0.5, 0.6) is 0 Å². The molecule has 0 aromatic carbocycles. The van der Waals surface area contributed by atoms with Crippen LogP contribution < -0.4 is 0 Å². The number of hydrogen-bond donors (Lipinski definition) is 0. The van der Waals surface area contributed by atoms with Crippen LogP contribution in [0.4, 0.5) is 0 Å². The average molecular weight is 857 g/mol. The minimum absolute atomic E-state index is 0.107. The van der Waals surface area contributed by atoms with Gasteiger partial charge in [-0.15, -0.1) is 0 Å². The fourth-order valence-corrected chi connectivity index (χ4v) is 6.23. The molecule has 0 bridgehead atoms. The summed E-state index contributed by atoms with van der Waals surface area (Å²) >= 11 is 0. The zero-order valence-corrected chi connectivity index (χ0v) is 39.6. The molecule has 0 amide bonds. The number of hydrogen-bond acceptors (Lipinski definition) is 6. The fourth-order valence-electron chi connectivity index (χ4n) is 6.23. The van der Waals surface area contributed by atoms with Crippen LogP contribution in [0.25, 0.3) is 0 Å². The van der Waals surface area contributed by atoms with Crippen LogP contribution in [-0.4, -0.2) is 37.2 Å². The highest BCUT2D eigenvalue weighted by molar-refractivity contribution is 5.71. The molecule has 0 radical (unpaired) electrons. The first-order valence-electron chi connectivity index (χ1n) is 24.6. The maximum absolute atomic E-state index is 12.8. The predicted molar refractivity (Wildman–Crippen MR) is 265 cm³/mol. The van der Waals surface area contributed by atoms with Crippen molar-refractivity contribution in [2.24, 2.45) is 0 Å². The highest BCUT2D eigenvalue weighted by atomic mass is 16.6. The average Bonchev–Trinajstić information content (AvgIpc) is 3.27. The summed E-state index contributed by atoms with van der Waals surface area (Å²) in [7, 11) is 0. The molecule has 0 aliphatic rings. The maximum atomic E-state index is 12.8. The van der Waals surface area contributed by atoms with Crippen LogP contribution in [0.1, 0.15) is 194 Å². The highest BCUT2D eigenvalue weighted by Crippen LogP contribution is 2.13. The standard InChI is InChI=1S/C56H88O6/c1-4-7-10-13-16-19-22-25-27-29-31-34-37-40-43-46-49-55(58)61-52-53(51-60-54(57)48-45-42-39-36-33-30-24-21-18-15-12-9-6-3)62-56(59)50-47-44-41-38-35-32-28-26-23-20-17-14-11-8-5-2/h7-12,14-21,23-25,27,30,33,53H,4-6,13,22,26,28-29,31-32,34-52H2,1-3H3/b10-7+,11-8+,12-9+,17-14+,18-15+,19-16+,23-20+,24-21+,27-25+,33-30+. The van der Waals surface area contributed by atoms with Gasteiger partial charge in [0.15, 0.2) is 6.10 Å². The van der Waals surface area contributed by atoms with Crippen LogP contribution in [0.15, 0.2) is 122 Å². The van der Waals surface area contributed by atoms with E-state index in [0.717, 1.165) is 122 Å². The van der Waals surface area contributed by atoms with Crippen molar-refractivity contribution in [2.45, 2.75) is 200 Å². The van der Waals surface area contributed by atoms with E-state index in [4.69, 9.17) is 14.2 Å². The summed E-state index contributed by atoms with van der Waals surface area (Å²) in [5.41, 5.74) is 0. The fraction of sp³-hybridized carbons (Fsp3) is 0.589. The molecule has 0 N–H and O–H groups in total. The van der Waals surface area contributed by atoms with Crippen molar-refractivity contribution in [1.29, 1.82) is 0 Å². The van der Waals surface area contributed by atoms with Gasteiger partial charge in [0, 0.05) is 19.3 Å². The quantitative estimate of drug-likeness (QED) is 0.0200. The third-order valence-corrected chi connectivity index (χ3v) is 9.85. The molecule has 348 valence electrons. The molecule has 0 aromatic heterocycles. The number of carbonyl (C=O) groups is 3. The van der Waals surface area contributed by atoms with Crippen LogP contribution >= 0.6 is 0 Å². The molecular formula is C56H88O6. The van der Waals surface area contributed by atoms with Gasteiger partial charge in [-0.1, -0.05) is 206 Å². The molecule has 0 saturated heterocycles. The minimum Gasteiger partial charge on any atom is -0.462 e. The first-order chi connectivity index (χ1) is 30.5. The predicted octanol–water partition coefficient (Wildman–Crippen LogP) is 16.1. The Morgan fingerprint density at radius 3 is 1.11 bits per heavy atom. The largest absolute Gasteiger partial charge is 0.462 e. The molecule has 0 saturated carbocycles. The Kier molecular flexibility index (Phi) is 46.1. The molecule has 0 aromatic rings. The number of rotatable bonds is 42.